The second kappa shape index (κ2) is 5.91. The van der Waals surface area contributed by atoms with Gasteiger partial charge in [-0.05, 0) is 11.8 Å². The average Bonchev–Trinajstić information content (AvgIpc) is 2.62. The average molecular weight is 358 g/mol. The van der Waals surface area contributed by atoms with Crippen LogP contribution < -0.4 is 11.2 Å². The van der Waals surface area contributed by atoms with Crippen molar-refractivity contribution >= 4 is 18.5 Å². The van der Waals surface area contributed by atoms with Crippen molar-refractivity contribution in [1.82, 2.24) is 9.55 Å². The Morgan fingerprint density at radius 3 is 2.68 bits per heavy atom. The van der Waals surface area contributed by atoms with Crippen LogP contribution in [0.25, 0.3) is 0 Å². The first kappa shape index (κ1) is 17.4. The lowest BCUT2D eigenvalue weighted by atomic mass is 10.1. The van der Waals surface area contributed by atoms with Crippen molar-refractivity contribution in [2.24, 2.45) is 0 Å². The van der Waals surface area contributed by atoms with E-state index in [1.165, 1.54) is 0 Å². The maximum Gasteiger partial charge on any atom is 0.332 e. The number of nitrogens with one attached hydrogen (secondary N) is 1. The van der Waals surface area contributed by atoms with Crippen LogP contribution in [0.5, 0.6) is 0 Å². The van der Waals surface area contributed by atoms with Crippen LogP contribution >= 0.6 is 6.72 Å². The Kier molecular flexibility index (Phi) is 4.66. The largest absolute Gasteiger partial charge is 0.394 e. The van der Waals surface area contributed by atoms with E-state index in [0.717, 1.165) is 12.3 Å². The van der Waals surface area contributed by atoms with Crippen molar-refractivity contribution in [3.05, 3.63) is 33.1 Å². The Labute approximate surface area is 126 Å². The van der Waals surface area contributed by atoms with E-state index >= 15 is 0 Å². The van der Waals surface area contributed by atoms with E-state index in [0.29, 0.717) is 0 Å². The van der Waals surface area contributed by atoms with Crippen molar-refractivity contribution in [3.63, 3.8) is 0 Å². The van der Waals surface area contributed by atoms with Crippen LogP contribution in [-0.4, -0.2) is 54.5 Å². The van der Waals surface area contributed by atoms with Crippen molar-refractivity contribution in [1.29, 1.82) is 0 Å². The minimum absolute atomic E-state index is 0.239. The van der Waals surface area contributed by atoms with Gasteiger partial charge in [0, 0.05) is 12.3 Å². The van der Waals surface area contributed by atoms with E-state index in [4.69, 9.17) is 19.6 Å². The van der Waals surface area contributed by atoms with Gasteiger partial charge in [-0.3, -0.25) is 14.3 Å². The number of halogens is 1. The highest BCUT2D eigenvalue weighted by molar-refractivity contribution is 8.06. The van der Waals surface area contributed by atoms with Gasteiger partial charge in [-0.25, -0.2) is 9.36 Å². The molecule has 1 saturated heterocycles. The zero-order valence-corrected chi connectivity index (χ0v) is 12.4. The lowest BCUT2D eigenvalue weighted by molar-refractivity contribution is -0.239. The number of aromatic amines is 1. The molecular weight excluding hydrogens is 346 g/mol. The summed E-state index contributed by atoms with van der Waals surface area (Å²) in [5.41, 5.74) is -2.02. The fourth-order valence-electron chi connectivity index (χ4n) is 2.04. The molecule has 0 spiro atoms. The molecule has 22 heavy (non-hydrogen) atoms. The van der Waals surface area contributed by atoms with Gasteiger partial charge in [0.25, 0.3) is 5.56 Å². The number of hydrogen-bond donors (Lipinski definition) is 5. The SMILES string of the molecule is O=c1ccn([C@]2(F)O[C@H](CO)[C@@H](OP(O)(O)=S)[C@H]2O)c(=O)[nH]1. The van der Waals surface area contributed by atoms with Gasteiger partial charge < -0.3 is 24.7 Å². The number of aliphatic hydroxyl groups is 2. The van der Waals surface area contributed by atoms with Gasteiger partial charge in [0.1, 0.15) is 12.2 Å². The summed E-state index contributed by atoms with van der Waals surface area (Å²) in [6.07, 6.45) is -4.76. The minimum Gasteiger partial charge on any atom is -0.394 e. The smallest absolute Gasteiger partial charge is 0.332 e. The fraction of sp³-hybridized carbons (Fsp3) is 0.556. The molecule has 10 nitrogen and oxygen atoms in total. The number of H-pyrrole nitrogens is 1. The number of nitrogens with zero attached hydrogens (tertiary/aromatic N) is 1. The zero-order chi connectivity index (χ0) is 16.7. The van der Waals surface area contributed by atoms with E-state index in [2.05, 4.69) is 16.3 Å². The Balaban J connectivity index is 2.45. The molecular formula is C9H12FN2O8PS. The molecule has 0 aliphatic carbocycles. The number of alkyl halides is 1. The van der Waals surface area contributed by atoms with Crippen LogP contribution in [0.15, 0.2) is 21.9 Å². The van der Waals surface area contributed by atoms with Gasteiger partial charge in [0.2, 0.25) is 0 Å². The molecule has 0 unspecified atom stereocenters. The topological polar surface area (TPSA) is 154 Å². The summed E-state index contributed by atoms with van der Waals surface area (Å²) in [7, 11) is 0. The van der Waals surface area contributed by atoms with Crippen LogP contribution in [0.3, 0.4) is 0 Å². The molecule has 0 saturated carbocycles. The van der Waals surface area contributed by atoms with E-state index in [1.54, 1.807) is 4.98 Å². The molecule has 1 aliphatic rings. The molecule has 0 bridgehead atoms. The Morgan fingerprint density at radius 2 is 2.18 bits per heavy atom. The number of aromatic nitrogens is 2. The quantitative estimate of drug-likeness (QED) is 0.366. The van der Waals surface area contributed by atoms with Crippen LogP contribution in [0, 0.1) is 0 Å². The molecule has 124 valence electrons. The number of ether oxygens (including phenoxy) is 1. The molecule has 13 heteroatoms. The predicted octanol–water partition coefficient (Wildman–Crippen LogP) is -2.54. The summed E-state index contributed by atoms with van der Waals surface area (Å²) in [5, 5.41) is 19.1. The minimum atomic E-state index is -4.30. The summed E-state index contributed by atoms with van der Waals surface area (Å²) in [5.74, 6) is -3.20. The monoisotopic (exact) mass is 358 g/mol. The Bertz CT molecular complexity index is 718. The van der Waals surface area contributed by atoms with Gasteiger partial charge in [-0.1, -0.05) is 0 Å². The molecule has 1 aliphatic heterocycles. The zero-order valence-electron chi connectivity index (χ0n) is 10.7. The summed E-state index contributed by atoms with van der Waals surface area (Å²) in [4.78, 5) is 42.6. The van der Waals surface area contributed by atoms with Crippen molar-refractivity contribution in [3.8, 4) is 0 Å². The third kappa shape index (κ3) is 3.19. The third-order valence-corrected chi connectivity index (χ3v) is 3.73. The molecule has 2 heterocycles. The standard InChI is InChI=1S/C9H12FN2O8PS/c10-9(12-2-1-5(14)11-8(12)16)7(15)6(4(3-13)19-9)20-21(17,18)22/h1-2,4,6-7,13,15H,3H2,(H,11,14,16)(H2,17,18,22)/t4-,6-,7-,9+/m1/s1. The second-order valence-corrected chi connectivity index (χ2v) is 7.05. The number of rotatable bonds is 4. The van der Waals surface area contributed by atoms with Crippen molar-refractivity contribution in [2.75, 3.05) is 6.61 Å². The molecule has 4 atom stereocenters. The molecule has 0 amide bonds. The van der Waals surface area contributed by atoms with E-state index in [-0.39, 0.29) is 4.57 Å². The summed E-state index contributed by atoms with van der Waals surface area (Å²) in [6.45, 7) is -5.16. The van der Waals surface area contributed by atoms with E-state index in [9.17, 15) is 19.1 Å². The summed E-state index contributed by atoms with van der Waals surface area (Å²) in [6, 6.07) is 0.809. The van der Waals surface area contributed by atoms with Gasteiger partial charge in [0.05, 0.1) is 6.61 Å². The maximum atomic E-state index is 14.9. The van der Waals surface area contributed by atoms with Crippen LogP contribution in [0.1, 0.15) is 0 Å². The third-order valence-electron chi connectivity index (χ3n) is 2.95. The predicted molar refractivity (Wildman–Crippen MR) is 72.0 cm³/mol. The van der Waals surface area contributed by atoms with E-state index < -0.39 is 48.9 Å². The van der Waals surface area contributed by atoms with Gasteiger partial charge in [-0.15, -0.1) is 0 Å². The van der Waals surface area contributed by atoms with Crippen molar-refractivity contribution in [2.45, 2.75) is 24.3 Å². The van der Waals surface area contributed by atoms with Gasteiger partial charge in [-0.2, -0.15) is 4.39 Å². The highest BCUT2D eigenvalue weighted by Gasteiger charge is 2.59. The molecule has 0 radical (unpaired) electrons. The summed E-state index contributed by atoms with van der Waals surface area (Å²) >= 11 is 4.22. The molecule has 1 fully saturated rings. The number of aliphatic hydroxyl groups excluding tert-OH is 2. The second-order valence-electron chi connectivity index (χ2n) is 4.43. The Morgan fingerprint density at radius 1 is 1.55 bits per heavy atom. The van der Waals surface area contributed by atoms with Crippen molar-refractivity contribution < 1.29 is 33.7 Å². The molecule has 0 aromatic carbocycles. The molecule has 1 aromatic rings. The highest BCUT2D eigenvalue weighted by Crippen LogP contribution is 2.46. The van der Waals surface area contributed by atoms with E-state index in [1.807, 2.05) is 0 Å². The summed E-state index contributed by atoms with van der Waals surface area (Å²) < 4.78 is 24.5. The first-order chi connectivity index (χ1) is 10.1. The van der Waals surface area contributed by atoms with Crippen LogP contribution in [0.2, 0.25) is 0 Å². The van der Waals surface area contributed by atoms with Crippen LogP contribution in [-0.2, 0) is 27.0 Å². The van der Waals surface area contributed by atoms with Gasteiger partial charge >= 0.3 is 18.4 Å². The van der Waals surface area contributed by atoms with Crippen LogP contribution in [0.4, 0.5) is 4.39 Å². The fourth-order valence-corrected chi connectivity index (χ4v) is 2.90. The normalized spacial score (nSPS) is 32.3. The molecule has 5 N–H and O–H groups in total. The molecule has 2 rings (SSSR count). The Hall–Kier alpha value is -0.980. The highest BCUT2D eigenvalue weighted by atomic mass is 32.5. The lowest BCUT2D eigenvalue weighted by Crippen LogP contribution is -2.48. The van der Waals surface area contributed by atoms with Gasteiger partial charge in [0.15, 0.2) is 6.10 Å². The molecule has 1 aromatic heterocycles. The first-order valence-corrected chi connectivity index (χ1v) is 8.43. The number of hydrogen-bond acceptors (Lipinski definition) is 7. The first-order valence-electron chi connectivity index (χ1n) is 5.80. The maximum absolute atomic E-state index is 14.9. The lowest BCUT2D eigenvalue weighted by Gasteiger charge is -2.25.